The minimum absolute atomic E-state index is 0.0480. The van der Waals surface area contributed by atoms with E-state index in [1.165, 1.54) is 18.6 Å². The Balaban J connectivity index is 1.51. The lowest BCUT2D eigenvalue weighted by Crippen LogP contribution is -2.44. The summed E-state index contributed by atoms with van der Waals surface area (Å²) >= 11 is 6.47. The van der Waals surface area contributed by atoms with Crippen molar-refractivity contribution >= 4 is 83.9 Å². The monoisotopic (exact) mass is 790 g/mol. The second-order valence-corrected chi connectivity index (χ2v) is 14.2. The maximum absolute atomic E-state index is 13.0. The zero-order valence-electron chi connectivity index (χ0n) is 16.9. The maximum atomic E-state index is 13.0. The fraction of sp³-hybridized carbons (Fsp3) is 0.435. The Morgan fingerprint density at radius 1 is 0.906 bits per heavy atom. The Morgan fingerprint density at radius 3 is 2.00 bits per heavy atom. The zero-order valence-corrected chi connectivity index (χ0v) is 24.2. The molecule has 6 rings (SSSR count). The van der Waals surface area contributed by atoms with Gasteiger partial charge in [0.05, 0.1) is 10.5 Å². The molecule has 9 heteroatoms. The second-order valence-electron chi connectivity index (χ2n) is 9.27. The van der Waals surface area contributed by atoms with E-state index < -0.39 is 16.1 Å². The average molecular weight is 790 g/mol. The molecule has 0 aromatic heterocycles. The third-order valence-corrected chi connectivity index (χ3v) is 10.5. The molecule has 2 aromatic carbocycles. The summed E-state index contributed by atoms with van der Waals surface area (Å²) in [5.41, 5.74) is 1.11. The fourth-order valence-corrected chi connectivity index (χ4v) is 11.2. The van der Waals surface area contributed by atoms with Gasteiger partial charge in [-0.15, -0.1) is 0 Å². The molecule has 4 aliphatic carbocycles. The molecule has 0 radical (unpaired) electrons. The molecule has 0 heterocycles. The number of ether oxygens (including phenoxy) is 1. The first-order valence-corrected chi connectivity index (χ1v) is 15.3. The third-order valence-electron chi connectivity index (χ3n) is 7.27. The summed E-state index contributed by atoms with van der Waals surface area (Å²) in [6.07, 6.45) is 5.77. The highest BCUT2D eigenvalue weighted by atomic mass is 127. The van der Waals surface area contributed by atoms with Gasteiger partial charge >= 0.3 is 5.97 Å². The first-order chi connectivity index (χ1) is 15.1. The van der Waals surface area contributed by atoms with E-state index >= 15 is 0 Å². The lowest BCUT2D eigenvalue weighted by molar-refractivity contribution is -0.00373. The number of carbonyl (C=O) groups excluding carboxylic acids is 1. The van der Waals surface area contributed by atoms with Crippen LogP contribution in [-0.2, 0) is 10.1 Å². The van der Waals surface area contributed by atoms with Crippen molar-refractivity contribution in [2.75, 3.05) is 0 Å². The summed E-state index contributed by atoms with van der Waals surface area (Å²) in [5.74, 6) is 2.27. The SMILES string of the molecule is O=C(Oc1ccc(S(=O)(=O)O)c(C2C3CC4CC(C3)CC2C4)c1)c1c(I)cc(I)cc1I. The van der Waals surface area contributed by atoms with Crippen LogP contribution in [0.1, 0.15) is 53.9 Å². The van der Waals surface area contributed by atoms with Crippen LogP contribution in [-0.4, -0.2) is 18.9 Å². The van der Waals surface area contributed by atoms with Gasteiger partial charge in [0.1, 0.15) is 5.75 Å². The Morgan fingerprint density at radius 2 is 1.47 bits per heavy atom. The molecule has 32 heavy (non-hydrogen) atoms. The number of benzene rings is 2. The predicted molar refractivity (Wildman–Crippen MR) is 146 cm³/mol. The molecule has 0 spiro atoms. The number of hydrogen-bond donors (Lipinski definition) is 1. The van der Waals surface area contributed by atoms with Crippen molar-refractivity contribution < 1.29 is 22.5 Å². The van der Waals surface area contributed by atoms with E-state index in [1.807, 2.05) is 12.1 Å². The Bertz CT molecular complexity index is 1160. The average Bonchev–Trinajstić information content (AvgIpc) is 2.65. The summed E-state index contributed by atoms with van der Waals surface area (Å²) in [6, 6.07) is 8.37. The van der Waals surface area contributed by atoms with Gasteiger partial charge in [0.15, 0.2) is 0 Å². The molecular formula is C23H21I3O5S. The third kappa shape index (κ3) is 4.49. The van der Waals surface area contributed by atoms with Crippen LogP contribution < -0.4 is 4.74 Å². The molecule has 1 N–H and O–H groups in total. The first kappa shape index (κ1) is 23.7. The lowest BCUT2D eigenvalue weighted by atomic mass is 9.51. The topological polar surface area (TPSA) is 80.7 Å². The summed E-state index contributed by atoms with van der Waals surface area (Å²) in [5, 5.41) is 0. The minimum atomic E-state index is -4.38. The number of hydrogen-bond acceptors (Lipinski definition) is 4. The summed E-state index contributed by atoms with van der Waals surface area (Å²) in [6.45, 7) is 0. The second kappa shape index (κ2) is 8.90. The first-order valence-electron chi connectivity index (χ1n) is 10.6. The van der Waals surface area contributed by atoms with E-state index in [-0.39, 0.29) is 10.8 Å². The summed E-state index contributed by atoms with van der Waals surface area (Å²) in [4.78, 5) is 12.9. The largest absolute Gasteiger partial charge is 0.423 e. The Kier molecular flexibility index (Phi) is 6.60. The number of rotatable bonds is 4. The van der Waals surface area contributed by atoms with Gasteiger partial charge in [-0.3, -0.25) is 4.55 Å². The zero-order chi connectivity index (χ0) is 22.8. The molecule has 5 nitrogen and oxygen atoms in total. The van der Waals surface area contributed by atoms with E-state index in [9.17, 15) is 17.8 Å². The number of halogens is 3. The molecular weight excluding hydrogens is 769 g/mol. The Labute approximate surface area is 228 Å². The molecule has 0 unspecified atom stereocenters. The van der Waals surface area contributed by atoms with Crippen LogP contribution in [0.2, 0.25) is 0 Å². The molecule has 4 aliphatic rings. The van der Waals surface area contributed by atoms with Crippen molar-refractivity contribution in [2.45, 2.75) is 42.9 Å². The van der Waals surface area contributed by atoms with Gasteiger partial charge < -0.3 is 4.74 Å². The van der Waals surface area contributed by atoms with Crippen molar-refractivity contribution in [1.29, 1.82) is 0 Å². The van der Waals surface area contributed by atoms with Gasteiger partial charge in [0.25, 0.3) is 10.1 Å². The van der Waals surface area contributed by atoms with Gasteiger partial charge in [-0.05, 0) is 165 Å². The molecule has 0 aliphatic heterocycles. The van der Waals surface area contributed by atoms with Crippen LogP contribution >= 0.6 is 67.8 Å². The van der Waals surface area contributed by atoms with Crippen molar-refractivity contribution in [3.8, 4) is 5.75 Å². The van der Waals surface area contributed by atoms with Gasteiger partial charge in [-0.1, -0.05) is 0 Å². The van der Waals surface area contributed by atoms with Crippen molar-refractivity contribution in [3.05, 3.63) is 52.2 Å². The standard InChI is InChI=1S/C23H21I3O5S/c24-15-8-18(25)22(19(26)9-15)23(27)31-16-1-2-20(32(28,29)30)17(10-16)21-13-4-11-3-12(6-13)7-14(21)5-11/h1-2,8-14,21H,3-7H2,(H,28,29,30). The molecule has 4 saturated carbocycles. The van der Waals surface area contributed by atoms with E-state index in [0.717, 1.165) is 48.2 Å². The molecule has 0 amide bonds. The molecule has 4 fully saturated rings. The summed E-state index contributed by atoms with van der Waals surface area (Å²) in [7, 11) is -4.38. The van der Waals surface area contributed by atoms with Gasteiger partial charge in [0, 0.05) is 10.7 Å². The van der Waals surface area contributed by atoms with E-state index in [0.29, 0.717) is 28.7 Å². The van der Waals surface area contributed by atoms with Crippen LogP contribution in [0.4, 0.5) is 0 Å². The van der Waals surface area contributed by atoms with Crippen LogP contribution in [0.3, 0.4) is 0 Å². The van der Waals surface area contributed by atoms with Crippen LogP contribution in [0.15, 0.2) is 35.2 Å². The maximum Gasteiger partial charge on any atom is 0.345 e. The molecule has 4 bridgehead atoms. The number of esters is 1. The van der Waals surface area contributed by atoms with Gasteiger partial charge in [0.2, 0.25) is 0 Å². The van der Waals surface area contributed by atoms with E-state index in [4.69, 9.17) is 4.74 Å². The highest BCUT2D eigenvalue weighted by Gasteiger charge is 2.49. The van der Waals surface area contributed by atoms with E-state index in [2.05, 4.69) is 67.8 Å². The normalized spacial score (nSPS) is 28.7. The van der Waals surface area contributed by atoms with Gasteiger partial charge in [-0.25, -0.2) is 4.79 Å². The van der Waals surface area contributed by atoms with Crippen molar-refractivity contribution in [1.82, 2.24) is 0 Å². The van der Waals surface area contributed by atoms with Gasteiger partial charge in [-0.2, -0.15) is 8.42 Å². The van der Waals surface area contributed by atoms with Crippen LogP contribution in [0, 0.1) is 34.4 Å². The lowest BCUT2D eigenvalue weighted by Gasteiger charge is -2.54. The van der Waals surface area contributed by atoms with Crippen LogP contribution in [0.5, 0.6) is 5.75 Å². The quantitative estimate of drug-likeness (QED) is 0.166. The Hall–Kier alpha value is 0.0100. The molecule has 2 aromatic rings. The fourth-order valence-electron chi connectivity index (χ4n) is 6.41. The molecule has 170 valence electrons. The summed E-state index contributed by atoms with van der Waals surface area (Å²) < 4.78 is 42.7. The smallest absolute Gasteiger partial charge is 0.345 e. The highest BCUT2D eigenvalue weighted by molar-refractivity contribution is 14.1. The molecule has 0 saturated heterocycles. The van der Waals surface area contributed by atoms with Crippen molar-refractivity contribution in [2.24, 2.45) is 23.7 Å². The van der Waals surface area contributed by atoms with E-state index in [1.54, 1.807) is 6.07 Å². The molecule has 0 atom stereocenters. The minimum Gasteiger partial charge on any atom is -0.423 e. The van der Waals surface area contributed by atoms with Crippen LogP contribution in [0.25, 0.3) is 0 Å². The predicted octanol–water partition coefficient (Wildman–Crippen LogP) is 6.51. The van der Waals surface area contributed by atoms with Crippen molar-refractivity contribution in [3.63, 3.8) is 0 Å². The number of carbonyl (C=O) groups is 1. The highest BCUT2D eigenvalue weighted by Crippen LogP contribution is 2.60.